The highest BCUT2D eigenvalue weighted by molar-refractivity contribution is 5.87. The van der Waals surface area contributed by atoms with Crippen LogP contribution in [0.2, 0.25) is 0 Å². The average molecular weight is 2020 g/mol. The first kappa shape index (κ1) is 104. The number of nitrogens with two attached hydrogens (primary N) is 1. The average Bonchev–Trinajstić information content (AvgIpc) is 1.31. The van der Waals surface area contributed by atoms with Gasteiger partial charge >= 0.3 is 0 Å². The number of rotatable bonds is 32. The van der Waals surface area contributed by atoms with Gasteiger partial charge in [-0.25, -0.2) is 64.8 Å². The van der Waals surface area contributed by atoms with Crippen molar-refractivity contribution in [1.29, 1.82) is 0 Å². The molecule has 0 bridgehead atoms. The first-order valence-electron chi connectivity index (χ1n) is 48.1. The molecule has 0 saturated carbocycles. The van der Waals surface area contributed by atoms with E-state index in [-0.39, 0.29) is 56.2 Å². The van der Waals surface area contributed by atoms with Gasteiger partial charge in [-0.3, -0.25) is 27.6 Å². The number of benzene rings is 5. The summed E-state index contributed by atoms with van der Waals surface area (Å²) in [5.74, 6) is 2.63. The van der Waals surface area contributed by atoms with Gasteiger partial charge < -0.3 is 132 Å². The van der Waals surface area contributed by atoms with Gasteiger partial charge in [0.2, 0.25) is 5.95 Å². The van der Waals surface area contributed by atoms with Gasteiger partial charge in [-0.05, 0) is 104 Å². The van der Waals surface area contributed by atoms with Crippen LogP contribution in [0.15, 0.2) is 184 Å². The van der Waals surface area contributed by atoms with Crippen molar-refractivity contribution in [2.45, 2.75) is 222 Å². The topological polar surface area (TPSA) is 668 Å². The molecule has 5 unspecified atom stereocenters. The molecule has 47 heteroatoms. The molecule has 147 heavy (non-hydrogen) atoms. The zero-order valence-electron chi connectivity index (χ0n) is 80.8. The fourth-order valence-electron chi connectivity index (χ4n) is 18.1. The molecule has 15 heterocycles. The van der Waals surface area contributed by atoms with E-state index >= 15 is 0 Å². The molecular weight excluding hydrogens is 1900 g/mol. The lowest BCUT2D eigenvalue weighted by Crippen LogP contribution is -2.35. The van der Waals surface area contributed by atoms with Gasteiger partial charge in [-0.1, -0.05) is 151 Å². The van der Waals surface area contributed by atoms with E-state index in [1.165, 1.54) is 104 Å². The van der Waals surface area contributed by atoms with Gasteiger partial charge in [0.25, 0.3) is 0 Å². The fourth-order valence-corrected chi connectivity index (χ4v) is 18.1. The molecule has 6 aliphatic rings. The van der Waals surface area contributed by atoms with Crippen LogP contribution < -0.4 is 32.3 Å². The summed E-state index contributed by atoms with van der Waals surface area (Å²) in [7, 11) is 0. The van der Waals surface area contributed by atoms with Crippen molar-refractivity contribution in [1.82, 2.24) is 97.6 Å². The Morgan fingerprint density at radius 1 is 0.374 bits per heavy atom. The standard InChI is InChI=1S/C25H32N6O5.C21H23N5O4.3C18H21N5O4/c1-3-4-17(33)21-19(34)20(35)24(36-21)31-13-28-18-22(26)29-25(30-23(18)31)27-12-11-16-9-7-15(8-10-16)6-5-14(2)32;27-9-15-17(28)18(29)21(30-15)26-11-25-16-19(23-10-24-20(16)26)22-8-7-13-6-5-12-3-1-2-4-14(12)13;2*1-10-2-4-11(5-3-10)6-19-16-13-17(21-8-20-16)23(9-22-13)18-15(26)14(25)12(7-24)27-18;1-10-3-2-4-11(5-10)6-19-16-13-17(21-8-20-16)23(9-22-13)18-15(26)14(25)12(7-24)27-18/h7-10,13,19-21,24,34-35H,3-6,11-12H2,1-2H3,(H3,26,27,29,30);1-4,6,10-11,15,17-18,21,27-29H,5,7-9H2,(H,22,23,24);3*2-5,8-9,12,14-15,18,24-26H,6-7H2,1H3,(H,19,20,21)/t19-,20?,21-,24-;15-,17+,18?,21-;3*12-,14+,15?,18-/m11111/s1. The number of nitrogens with one attached hydrogen (secondary N) is 5. The van der Waals surface area contributed by atoms with E-state index in [0.29, 0.717) is 131 Å². The third-order valence-corrected chi connectivity index (χ3v) is 26.2. The summed E-state index contributed by atoms with van der Waals surface area (Å²) < 4.78 is 35.7. The fraction of sp³-hybridized carbons (Fsp3) is 0.410. The predicted molar refractivity (Wildman–Crippen MR) is 533 cm³/mol. The van der Waals surface area contributed by atoms with Crippen molar-refractivity contribution in [2.75, 3.05) is 71.8 Å². The number of carbonyl (C=O) groups is 2. The number of aryl methyl sites for hydroxylation is 4. The molecule has 15 aromatic rings. The van der Waals surface area contributed by atoms with Crippen LogP contribution in [0.4, 0.5) is 35.0 Å². The van der Waals surface area contributed by atoms with Crippen molar-refractivity contribution < 1.29 is 105 Å². The van der Waals surface area contributed by atoms with E-state index < -0.39 is 123 Å². The van der Waals surface area contributed by atoms with E-state index in [9.17, 15) is 81.1 Å². The van der Waals surface area contributed by atoms with Crippen LogP contribution in [-0.4, -0.2) is 312 Å². The zero-order valence-corrected chi connectivity index (χ0v) is 80.8. The number of ether oxygens (including phenoxy) is 5. The molecule has 21 rings (SSSR count). The smallest absolute Gasteiger partial charge is 0.226 e. The summed E-state index contributed by atoms with van der Waals surface area (Å²) in [5.41, 5.74) is 23.9. The maximum atomic E-state index is 12.3. The minimum Gasteiger partial charge on any atom is -0.394 e. The Hall–Kier alpha value is -14.0. The van der Waals surface area contributed by atoms with E-state index in [1.54, 1.807) is 16.1 Å². The number of ketones is 2. The second kappa shape index (κ2) is 47.2. The van der Waals surface area contributed by atoms with Crippen molar-refractivity contribution in [3.8, 4) is 0 Å². The molecule has 0 radical (unpaired) electrons. The number of aliphatic hydroxyl groups excluding tert-OH is 14. The van der Waals surface area contributed by atoms with Gasteiger partial charge in [0.05, 0.1) is 58.1 Å². The van der Waals surface area contributed by atoms with E-state index in [0.717, 1.165) is 47.1 Å². The Morgan fingerprint density at radius 3 is 1.17 bits per heavy atom. The number of Topliss-reactive ketones (excluding diaryl/α,β-unsaturated/α-hetero) is 2. The van der Waals surface area contributed by atoms with Gasteiger partial charge in [-0.2, -0.15) is 9.97 Å². The number of allylic oxidation sites excluding steroid dienone is 1. The number of fused-ring (bicyclic) bond motifs is 6. The van der Waals surface area contributed by atoms with Gasteiger partial charge in [-0.15, -0.1) is 0 Å². The lowest BCUT2D eigenvalue weighted by atomic mass is 10.0. The molecule has 5 aromatic carbocycles. The van der Waals surface area contributed by atoms with Crippen LogP contribution in [-0.2, 0) is 72.2 Å². The second-order valence-corrected chi connectivity index (χ2v) is 36.5. The van der Waals surface area contributed by atoms with Crippen LogP contribution in [0, 0.1) is 20.8 Å². The first-order chi connectivity index (χ1) is 71.2. The molecule has 5 fully saturated rings. The molecule has 1 aliphatic carbocycles. The summed E-state index contributed by atoms with van der Waals surface area (Å²) in [6, 6.07) is 41.0. The molecular formula is C100H118N26O21. The minimum absolute atomic E-state index is 0.155. The van der Waals surface area contributed by atoms with Crippen LogP contribution in [0.3, 0.4) is 0 Å². The van der Waals surface area contributed by atoms with Crippen LogP contribution >= 0.6 is 0 Å². The summed E-state index contributed by atoms with van der Waals surface area (Å²) in [5, 5.41) is 155. The van der Waals surface area contributed by atoms with Gasteiger partial charge in [0.15, 0.2) is 116 Å². The molecule has 21 N–H and O–H groups in total. The van der Waals surface area contributed by atoms with E-state index in [2.05, 4.69) is 138 Å². The number of nitrogens with zero attached hydrogens (tertiary/aromatic N) is 20. The van der Waals surface area contributed by atoms with Crippen LogP contribution in [0.25, 0.3) is 61.4 Å². The first-order valence-corrected chi connectivity index (χ1v) is 48.1. The number of aliphatic hydroxyl groups is 14. The maximum Gasteiger partial charge on any atom is 0.226 e. The largest absolute Gasteiger partial charge is 0.394 e. The molecule has 5 saturated heterocycles. The van der Waals surface area contributed by atoms with E-state index in [4.69, 9.17) is 29.4 Å². The molecule has 0 spiro atoms. The zero-order chi connectivity index (χ0) is 103. The number of hydrogen-bond donors (Lipinski definition) is 20. The summed E-state index contributed by atoms with van der Waals surface area (Å²) in [6.07, 6.45) is -1.41. The van der Waals surface area contributed by atoms with Gasteiger partial charge in [0.1, 0.15) is 128 Å². The molecule has 20 atom stereocenters. The Morgan fingerprint density at radius 2 is 0.755 bits per heavy atom. The Bertz CT molecular complexity index is 6890. The molecule has 5 aliphatic heterocycles. The number of carbonyl (C=O) groups excluding carboxylic acids is 2. The monoisotopic (exact) mass is 2020 g/mol. The third-order valence-electron chi connectivity index (χ3n) is 26.2. The quantitative estimate of drug-likeness (QED) is 0.0287. The SMILES string of the molecule is CCCC(=O)[C@H]1O[C@@H](n2cnc3c(N)nc(NCCc4ccc(CCC(C)=O)cc4)nc32)C(O)[C@H]1O.Cc1ccc(CNc2ncnc3c2ncn3[C@@H]2O[C@H](CO)[C@H](O)C2O)cc1.Cc1ccc(CNc2ncnc3c2ncn3[C@@H]2O[C@H](CO)[C@H](O)C2O)cc1.Cc1cccc(CNc2ncnc3c2ncn3[C@@H]2O[C@H](CO)[C@H](O)C2O)c1.OC[C@H]1O[C@@H](n2cnc3c(NCCC4=CCc5ccccc54)ncnc32)C(O)[C@H]1O. The predicted octanol–water partition coefficient (Wildman–Crippen LogP) is 3.53. The van der Waals surface area contributed by atoms with Crippen molar-refractivity contribution in [3.05, 3.63) is 240 Å². The summed E-state index contributed by atoms with van der Waals surface area (Å²) >= 11 is 0. The Balaban J connectivity index is 0.000000126. The number of hydrogen-bond acceptors (Lipinski definition) is 42. The number of aromatic nitrogens is 20. The molecule has 0 amide bonds. The summed E-state index contributed by atoms with van der Waals surface area (Å²) in [4.78, 5) is 88.0. The number of nitrogen functional groups attached to an aromatic ring is 1. The number of anilines is 6. The lowest BCUT2D eigenvalue weighted by molar-refractivity contribution is -0.135. The Labute approximate surface area is 840 Å². The van der Waals surface area contributed by atoms with Crippen molar-refractivity contribution in [2.24, 2.45) is 0 Å². The van der Waals surface area contributed by atoms with Crippen LogP contribution in [0.5, 0.6) is 0 Å². The van der Waals surface area contributed by atoms with Crippen molar-refractivity contribution >= 4 is 108 Å². The number of imidazole rings is 5. The van der Waals surface area contributed by atoms with Crippen LogP contribution in [0.1, 0.15) is 126 Å². The normalized spacial score (nSPS) is 24.4. The molecule has 774 valence electrons. The maximum absolute atomic E-state index is 12.3. The Kier molecular flexibility index (Phi) is 33.5. The van der Waals surface area contributed by atoms with Gasteiger partial charge in [0, 0.05) is 45.6 Å². The van der Waals surface area contributed by atoms with E-state index in [1.807, 2.05) is 119 Å². The van der Waals surface area contributed by atoms with Crippen molar-refractivity contribution in [3.63, 3.8) is 0 Å². The molecule has 10 aromatic heterocycles. The second-order valence-electron chi connectivity index (χ2n) is 36.5. The lowest BCUT2D eigenvalue weighted by Gasteiger charge is -2.16. The third kappa shape index (κ3) is 23.2. The highest BCUT2D eigenvalue weighted by atomic mass is 16.6. The highest BCUT2D eigenvalue weighted by Crippen LogP contribution is 2.40. The molecule has 47 nitrogen and oxygen atoms in total. The minimum atomic E-state index is -1.35. The summed E-state index contributed by atoms with van der Waals surface area (Å²) in [6.45, 7) is 11.0. The highest BCUT2D eigenvalue weighted by Gasteiger charge is 2.50.